The zero-order valence-electron chi connectivity index (χ0n) is 22.9. The van der Waals surface area contributed by atoms with Gasteiger partial charge in [-0.1, -0.05) is 11.6 Å². The van der Waals surface area contributed by atoms with Crippen LogP contribution in [0.4, 0.5) is 30.2 Å². The molecule has 3 aromatic rings. The van der Waals surface area contributed by atoms with Crippen molar-refractivity contribution < 1.29 is 27.4 Å². The molecule has 11 heteroatoms. The van der Waals surface area contributed by atoms with Crippen LogP contribution in [-0.4, -0.2) is 49.8 Å². The summed E-state index contributed by atoms with van der Waals surface area (Å²) in [7, 11) is 0. The summed E-state index contributed by atoms with van der Waals surface area (Å²) >= 11 is 0. The number of hydrogen-bond donors (Lipinski definition) is 2. The van der Waals surface area contributed by atoms with Crippen molar-refractivity contribution in [3.05, 3.63) is 64.9 Å². The number of carbonyl (C=O) groups excluding carboxylic acids is 1. The fourth-order valence-corrected chi connectivity index (χ4v) is 5.79. The van der Waals surface area contributed by atoms with Crippen molar-refractivity contribution in [2.24, 2.45) is 0 Å². The first-order chi connectivity index (χ1) is 20.3. The topological polar surface area (TPSA) is 99.5 Å². The Morgan fingerprint density at radius 1 is 1.21 bits per heavy atom. The van der Waals surface area contributed by atoms with E-state index >= 15 is 0 Å². The molecule has 3 aliphatic rings. The third-order valence-electron chi connectivity index (χ3n) is 7.88. The van der Waals surface area contributed by atoms with E-state index in [-0.39, 0.29) is 17.6 Å². The number of ether oxygens (including phenoxy) is 2. The Hall–Kier alpha value is -4.14. The highest BCUT2D eigenvalue weighted by molar-refractivity contribution is 6.05. The van der Waals surface area contributed by atoms with Crippen molar-refractivity contribution in [2.75, 3.05) is 43.1 Å². The number of amides is 1. The lowest BCUT2D eigenvalue weighted by molar-refractivity contribution is -0.137. The van der Waals surface area contributed by atoms with Crippen LogP contribution in [0.1, 0.15) is 42.4 Å². The van der Waals surface area contributed by atoms with Gasteiger partial charge in [-0.3, -0.25) is 9.78 Å². The van der Waals surface area contributed by atoms with Gasteiger partial charge in [0.1, 0.15) is 17.9 Å². The van der Waals surface area contributed by atoms with E-state index in [1.807, 2.05) is 0 Å². The second-order valence-corrected chi connectivity index (χ2v) is 10.7. The number of carbonyl (C=O) groups is 1. The average Bonchev–Trinajstić information content (AvgIpc) is 3.49. The maximum atomic E-state index is 13.7. The number of benzene rings is 2. The molecule has 4 heterocycles. The Labute approximate surface area is 241 Å². The third kappa shape index (κ3) is 5.78. The molecule has 218 valence electrons. The Kier molecular flexibility index (Phi) is 7.75. The van der Waals surface area contributed by atoms with E-state index in [0.29, 0.717) is 72.7 Å². The number of anilines is 3. The molecule has 2 saturated heterocycles. The minimum atomic E-state index is -4.51. The maximum Gasteiger partial charge on any atom is 0.416 e. The van der Waals surface area contributed by atoms with Gasteiger partial charge in [0.05, 0.1) is 41.2 Å². The number of alkyl halides is 3. The quantitative estimate of drug-likeness (QED) is 0.380. The first-order valence-corrected chi connectivity index (χ1v) is 14.1. The standard InChI is InChI=1S/C31H30F3N5O3/c32-31(33,34)22-4-3-20-2-1-10-39(27(20)13-22)30-21(16-35)17-37-25-15-28(42-23-7-11-41-18-23)26(14-24(25)30)38-29(40)12-19-5-8-36-9-6-19/h3-4,12-15,17,23,36H,1-2,5-11,18H2,(H,38,40). The number of piperidine rings is 1. The SMILES string of the molecule is N#Cc1cnc2cc(OC3CCOC3)c(NC(=O)C=C3CCNCC3)cc2c1N1CCCc2ccc(C(F)(F)F)cc21. The minimum Gasteiger partial charge on any atom is -0.486 e. The number of rotatable bonds is 5. The van der Waals surface area contributed by atoms with Crippen LogP contribution < -0.4 is 20.3 Å². The zero-order chi connectivity index (χ0) is 29.3. The smallest absolute Gasteiger partial charge is 0.416 e. The molecule has 8 nitrogen and oxygen atoms in total. The molecule has 0 bridgehead atoms. The van der Waals surface area contributed by atoms with Gasteiger partial charge in [0.25, 0.3) is 0 Å². The molecule has 1 unspecified atom stereocenters. The third-order valence-corrected chi connectivity index (χ3v) is 7.88. The van der Waals surface area contributed by atoms with Crippen LogP contribution in [0.2, 0.25) is 0 Å². The number of halogens is 3. The van der Waals surface area contributed by atoms with Crippen molar-refractivity contribution in [1.82, 2.24) is 10.3 Å². The molecule has 6 rings (SSSR count). The Balaban J connectivity index is 1.47. The van der Waals surface area contributed by atoms with Gasteiger partial charge in [-0.2, -0.15) is 18.4 Å². The first kappa shape index (κ1) is 28.0. The molecule has 2 N–H and O–H groups in total. The highest BCUT2D eigenvalue weighted by Crippen LogP contribution is 2.44. The molecular formula is C31H30F3N5O3. The van der Waals surface area contributed by atoms with E-state index in [4.69, 9.17) is 9.47 Å². The van der Waals surface area contributed by atoms with Gasteiger partial charge >= 0.3 is 6.18 Å². The van der Waals surface area contributed by atoms with E-state index in [0.717, 1.165) is 49.2 Å². The van der Waals surface area contributed by atoms with Crippen molar-refractivity contribution in [1.29, 1.82) is 5.26 Å². The second-order valence-electron chi connectivity index (χ2n) is 10.7. The highest BCUT2D eigenvalue weighted by atomic mass is 19.4. The lowest BCUT2D eigenvalue weighted by Gasteiger charge is -2.33. The van der Waals surface area contributed by atoms with E-state index in [1.54, 1.807) is 23.1 Å². The monoisotopic (exact) mass is 577 g/mol. The van der Waals surface area contributed by atoms with Crippen molar-refractivity contribution >= 4 is 33.9 Å². The molecular weight excluding hydrogens is 547 g/mol. The fraction of sp³-hybridized carbons (Fsp3) is 0.387. The Morgan fingerprint density at radius 2 is 2.05 bits per heavy atom. The molecule has 1 atom stereocenters. The number of nitriles is 1. The van der Waals surface area contributed by atoms with Crippen LogP contribution in [0.3, 0.4) is 0 Å². The normalized spacial score (nSPS) is 18.9. The summed E-state index contributed by atoms with van der Waals surface area (Å²) < 4.78 is 52.8. The van der Waals surface area contributed by atoms with E-state index in [2.05, 4.69) is 21.7 Å². The van der Waals surface area contributed by atoms with Crippen molar-refractivity contribution in [2.45, 2.75) is 44.4 Å². The zero-order valence-corrected chi connectivity index (χ0v) is 22.9. The molecule has 0 radical (unpaired) electrons. The molecule has 0 spiro atoms. The molecule has 1 amide bonds. The summed E-state index contributed by atoms with van der Waals surface area (Å²) in [5.74, 6) is 0.111. The van der Waals surface area contributed by atoms with E-state index in [1.165, 1.54) is 12.3 Å². The highest BCUT2D eigenvalue weighted by Gasteiger charge is 2.33. The lowest BCUT2D eigenvalue weighted by atomic mass is 9.97. The van der Waals surface area contributed by atoms with Crippen LogP contribution in [0.5, 0.6) is 5.75 Å². The number of aromatic nitrogens is 1. The Bertz CT molecular complexity index is 1580. The van der Waals surface area contributed by atoms with Crippen LogP contribution in [0.25, 0.3) is 10.9 Å². The van der Waals surface area contributed by atoms with Gasteiger partial charge in [-0.15, -0.1) is 0 Å². The largest absolute Gasteiger partial charge is 0.486 e. The van der Waals surface area contributed by atoms with Gasteiger partial charge in [0.2, 0.25) is 5.91 Å². The molecule has 2 fully saturated rings. The predicted octanol–water partition coefficient (Wildman–Crippen LogP) is 5.63. The van der Waals surface area contributed by atoms with E-state index < -0.39 is 11.7 Å². The van der Waals surface area contributed by atoms with Gasteiger partial charge < -0.3 is 25.0 Å². The summed E-state index contributed by atoms with van der Waals surface area (Å²) in [6, 6.07) is 9.35. The summed E-state index contributed by atoms with van der Waals surface area (Å²) in [5.41, 5.74) is 3.02. The van der Waals surface area contributed by atoms with Crippen LogP contribution in [-0.2, 0) is 22.1 Å². The van der Waals surface area contributed by atoms with Gasteiger partial charge in [-0.05, 0) is 62.5 Å². The molecule has 1 aromatic heterocycles. The van der Waals surface area contributed by atoms with Crippen molar-refractivity contribution in [3.8, 4) is 11.8 Å². The summed E-state index contributed by atoms with van der Waals surface area (Å²) in [6.07, 6.45) is 1.91. The molecule has 42 heavy (non-hydrogen) atoms. The summed E-state index contributed by atoms with van der Waals surface area (Å²) in [5, 5.41) is 16.8. The number of pyridine rings is 1. The van der Waals surface area contributed by atoms with E-state index in [9.17, 15) is 23.2 Å². The molecule has 0 aliphatic carbocycles. The molecule has 2 aromatic carbocycles. The maximum absolute atomic E-state index is 13.7. The number of nitrogens with one attached hydrogen (secondary N) is 2. The number of nitrogens with zero attached hydrogens (tertiary/aromatic N) is 3. The van der Waals surface area contributed by atoms with Crippen LogP contribution in [0.15, 0.2) is 48.2 Å². The second kappa shape index (κ2) is 11.6. The average molecular weight is 578 g/mol. The van der Waals surface area contributed by atoms with Crippen molar-refractivity contribution in [3.63, 3.8) is 0 Å². The Morgan fingerprint density at radius 3 is 2.79 bits per heavy atom. The minimum absolute atomic E-state index is 0.200. The fourth-order valence-electron chi connectivity index (χ4n) is 5.79. The van der Waals surface area contributed by atoms with Gasteiger partial charge in [0, 0.05) is 42.4 Å². The first-order valence-electron chi connectivity index (χ1n) is 14.1. The molecule has 0 saturated carbocycles. The van der Waals surface area contributed by atoms with Crippen LogP contribution in [0, 0.1) is 11.3 Å². The number of fused-ring (bicyclic) bond motifs is 2. The summed E-state index contributed by atoms with van der Waals surface area (Å²) in [6.45, 7) is 3.03. The summed E-state index contributed by atoms with van der Waals surface area (Å²) in [4.78, 5) is 19.4. The van der Waals surface area contributed by atoms with Gasteiger partial charge in [-0.25, -0.2) is 0 Å². The lowest BCUT2D eigenvalue weighted by Crippen LogP contribution is -2.26. The van der Waals surface area contributed by atoms with Crippen LogP contribution >= 0.6 is 0 Å². The number of hydrogen-bond acceptors (Lipinski definition) is 7. The number of aryl methyl sites for hydroxylation is 1. The van der Waals surface area contributed by atoms with Gasteiger partial charge in [0.15, 0.2) is 0 Å². The predicted molar refractivity (Wildman–Crippen MR) is 152 cm³/mol. The molecule has 3 aliphatic heterocycles.